The fraction of sp³-hybridized carbons (Fsp3) is 0.820. The van der Waals surface area contributed by atoms with Crippen molar-refractivity contribution in [1.29, 1.82) is 0 Å². The van der Waals surface area contributed by atoms with Crippen LogP contribution in [0, 0.1) is 17.8 Å². The van der Waals surface area contributed by atoms with Gasteiger partial charge in [-0.25, -0.2) is 8.42 Å². The minimum Gasteiger partial charge on any atom is -0.459 e. The second kappa shape index (κ2) is 23.7. The third kappa shape index (κ3) is 13.9. The Labute approximate surface area is 416 Å². The van der Waals surface area contributed by atoms with E-state index >= 15 is 0 Å². The minimum absolute atomic E-state index is 0.0946. The van der Waals surface area contributed by atoms with E-state index in [4.69, 9.17) is 28.4 Å². The van der Waals surface area contributed by atoms with Crippen LogP contribution in [0.25, 0.3) is 0 Å². The Kier molecular flexibility index (Phi) is 19.7. The first-order valence-electron chi connectivity index (χ1n) is 25.0. The summed E-state index contributed by atoms with van der Waals surface area (Å²) in [6.45, 7) is 19.0. The Morgan fingerprint density at radius 1 is 0.943 bits per heavy atom. The molecule has 19 nitrogen and oxygen atoms in total. The zero-order chi connectivity index (χ0) is 52.3. The third-order valence-electron chi connectivity index (χ3n) is 15.4. The van der Waals surface area contributed by atoms with Crippen molar-refractivity contribution in [3.05, 3.63) is 41.7 Å². The number of carbonyl (C=O) groups excluding carboxylic acids is 1. The van der Waals surface area contributed by atoms with Crippen LogP contribution in [0.3, 0.4) is 0 Å². The maximum absolute atomic E-state index is 14.5. The van der Waals surface area contributed by atoms with E-state index < -0.39 is 112 Å². The normalized spacial score (nSPS) is 40.1. The average Bonchev–Trinajstić information content (AvgIpc) is 3.76. The fourth-order valence-electron chi connectivity index (χ4n) is 10.8. The van der Waals surface area contributed by atoms with Gasteiger partial charge in [-0.3, -0.25) is 9.48 Å². The van der Waals surface area contributed by atoms with E-state index in [1.165, 1.54) is 20.3 Å². The predicted octanol–water partition coefficient (Wildman–Crippen LogP) is 2.75. The molecular weight excluding hydrogens is 927 g/mol. The maximum atomic E-state index is 14.5. The summed E-state index contributed by atoms with van der Waals surface area (Å²) in [7, 11) is 1.96. The van der Waals surface area contributed by atoms with E-state index in [-0.39, 0.29) is 36.2 Å². The van der Waals surface area contributed by atoms with E-state index in [9.17, 15) is 38.7 Å². The highest BCUT2D eigenvalue weighted by Gasteiger charge is 2.53. The van der Waals surface area contributed by atoms with E-state index in [1.807, 2.05) is 50.9 Å². The summed E-state index contributed by atoms with van der Waals surface area (Å²) >= 11 is 0. The number of aryl methyl sites for hydroxylation is 2. The Morgan fingerprint density at radius 3 is 2.21 bits per heavy atom. The van der Waals surface area contributed by atoms with E-state index in [2.05, 4.69) is 10.3 Å². The Hall–Kier alpha value is -2.70. The lowest BCUT2D eigenvalue weighted by molar-refractivity contribution is -0.318. The molecule has 0 saturated carbocycles. The van der Waals surface area contributed by atoms with Crippen LogP contribution in [0.2, 0.25) is 0 Å². The Morgan fingerprint density at radius 2 is 1.60 bits per heavy atom. The van der Waals surface area contributed by atoms with Crippen LogP contribution in [0.1, 0.15) is 106 Å². The molecule has 20 heteroatoms. The highest BCUT2D eigenvalue weighted by atomic mass is 32.2. The molecule has 0 unspecified atom stereocenters. The van der Waals surface area contributed by atoms with Gasteiger partial charge in [-0.2, -0.15) is 0 Å². The van der Waals surface area contributed by atoms with Gasteiger partial charge in [-0.1, -0.05) is 38.1 Å². The molecule has 5 N–H and O–H groups in total. The number of likely N-dealkylation sites (N-methyl/N-ethyl adjacent to an activating group) is 2. The number of sulfone groups is 1. The third-order valence-corrected chi connectivity index (χ3v) is 16.5. The molecule has 0 radical (unpaired) electrons. The summed E-state index contributed by atoms with van der Waals surface area (Å²) < 4.78 is 63.7. The van der Waals surface area contributed by atoms with E-state index in [0.29, 0.717) is 38.9 Å². The molecule has 0 aliphatic carbocycles. The van der Waals surface area contributed by atoms with Gasteiger partial charge in [0.2, 0.25) is 0 Å². The van der Waals surface area contributed by atoms with Gasteiger partial charge < -0.3 is 63.8 Å². The van der Waals surface area contributed by atoms with Gasteiger partial charge in [0.15, 0.2) is 22.4 Å². The number of cyclic esters (lactones) is 1. The first kappa shape index (κ1) is 58.2. The standard InChI is InChI=1S/C50H85N5O14S/c1-15-39-50(10,61)43(57)33(6)54(12)27-29(2)25-48(8,60)45(31(4)42(32(5)46(59)67-39)68-40-26-49(9,64-13)44(58)34(7)66-40)69-47-41(56)38(24-30(3)65-47)53(11)22-21-36-28-55(52-51-36)23-20-35-16-18-37(19-17-35)70(14,62)63/h16-19,28-34,38-45,47,56-58,60-61H,15,20-27H2,1-14H3/t29-,30-,31+,32-,33-,34+,38+,39-,40+,41-,42+,43-,44+,45-,47+,48-,49-,50-/m1/s1. The number of carbonyl (C=O) groups is 1. The highest BCUT2D eigenvalue weighted by molar-refractivity contribution is 7.90. The lowest BCUT2D eigenvalue weighted by Crippen LogP contribution is -2.61. The molecule has 3 fully saturated rings. The largest absolute Gasteiger partial charge is 0.459 e. The number of hydrogen-bond acceptors (Lipinski definition) is 18. The summed E-state index contributed by atoms with van der Waals surface area (Å²) in [6, 6.07) is 5.79. The van der Waals surface area contributed by atoms with Crippen LogP contribution in [-0.4, -0.2) is 196 Å². The number of esters is 1. The molecule has 0 amide bonds. The molecule has 3 aliphatic rings. The minimum atomic E-state index is -3.28. The quantitative estimate of drug-likeness (QED) is 0.171. The first-order chi connectivity index (χ1) is 32.5. The van der Waals surface area contributed by atoms with Crippen LogP contribution >= 0.6 is 0 Å². The van der Waals surface area contributed by atoms with Gasteiger partial charge in [-0.15, -0.1) is 5.10 Å². The number of aromatic nitrogens is 3. The average molecular weight is 1010 g/mol. The predicted molar refractivity (Wildman–Crippen MR) is 260 cm³/mol. The van der Waals surface area contributed by atoms with Gasteiger partial charge in [0, 0.05) is 70.0 Å². The van der Waals surface area contributed by atoms with Crippen molar-refractivity contribution in [2.45, 2.75) is 210 Å². The van der Waals surface area contributed by atoms with Crippen LogP contribution in [0.5, 0.6) is 0 Å². The van der Waals surface area contributed by atoms with E-state index in [0.717, 1.165) is 11.3 Å². The molecule has 0 spiro atoms. The van der Waals surface area contributed by atoms with E-state index in [1.54, 1.807) is 70.5 Å². The number of nitrogens with zero attached hydrogens (tertiary/aromatic N) is 5. The summed E-state index contributed by atoms with van der Waals surface area (Å²) in [4.78, 5) is 18.7. The summed E-state index contributed by atoms with van der Waals surface area (Å²) in [6.07, 6.45) is -4.94. The van der Waals surface area contributed by atoms with Gasteiger partial charge >= 0.3 is 5.97 Å². The van der Waals surface area contributed by atoms with Crippen LogP contribution in [0.15, 0.2) is 35.4 Å². The van der Waals surface area contributed by atoms with Crippen molar-refractivity contribution >= 4 is 15.8 Å². The van der Waals surface area contributed by atoms with Crippen LogP contribution in [0.4, 0.5) is 0 Å². The fourth-order valence-corrected chi connectivity index (χ4v) is 11.5. The van der Waals surface area contributed by atoms with Gasteiger partial charge in [0.25, 0.3) is 0 Å². The van der Waals surface area contributed by atoms with Gasteiger partial charge in [0.1, 0.15) is 30.0 Å². The molecule has 1 aromatic heterocycles. The summed E-state index contributed by atoms with van der Waals surface area (Å²) in [5.74, 6) is -2.81. The molecule has 0 bridgehead atoms. The highest BCUT2D eigenvalue weighted by Crippen LogP contribution is 2.40. The SMILES string of the molecule is CC[C@H]1OC(=O)[C@H](C)[C@@H](O[C@H]2C[C@@](C)(OC)[C@@H](O)[C@H](C)O2)[C@H](C)[C@@H](O[C@@H]2O[C@H](C)C[C@H](N(C)CCc3cn(CCc4ccc(S(C)(=O)=O)cc4)nn3)[C@H]2O)[C@](C)(O)C[C@@H](C)CN(C)[C@H](C)[C@@H](O)[C@]1(C)O. The Bertz CT molecular complexity index is 2090. The lowest BCUT2D eigenvalue weighted by Gasteiger charge is -2.49. The topological polar surface area (TPSA) is 245 Å². The molecule has 2 aromatic rings. The van der Waals surface area contributed by atoms with Crippen molar-refractivity contribution in [3.8, 4) is 0 Å². The number of methoxy groups -OCH3 is 1. The summed E-state index contributed by atoms with van der Waals surface area (Å²) in [5.41, 5.74) is -2.82. The lowest BCUT2D eigenvalue weighted by atomic mass is 9.77. The van der Waals surface area contributed by atoms with Gasteiger partial charge in [0.05, 0.1) is 52.1 Å². The molecule has 1 aromatic carbocycles. The monoisotopic (exact) mass is 1010 g/mol. The van der Waals surface area contributed by atoms with Crippen LogP contribution < -0.4 is 0 Å². The summed E-state index contributed by atoms with van der Waals surface area (Å²) in [5, 5.41) is 68.3. The number of benzene rings is 1. The van der Waals surface area contributed by atoms with Crippen molar-refractivity contribution in [2.75, 3.05) is 40.6 Å². The van der Waals surface area contributed by atoms with Crippen molar-refractivity contribution in [1.82, 2.24) is 24.8 Å². The molecule has 18 atom stereocenters. The molecule has 4 heterocycles. The van der Waals surface area contributed by atoms with Crippen molar-refractivity contribution in [3.63, 3.8) is 0 Å². The molecule has 5 rings (SSSR count). The Balaban J connectivity index is 1.42. The molecular formula is C50H85N5O14S. The molecule has 3 aliphatic heterocycles. The second-order valence-electron chi connectivity index (χ2n) is 21.6. The van der Waals surface area contributed by atoms with Crippen LogP contribution in [-0.2, 0) is 62.4 Å². The molecule has 3 saturated heterocycles. The zero-order valence-electron chi connectivity index (χ0n) is 44.0. The zero-order valence-corrected chi connectivity index (χ0v) is 44.8. The maximum Gasteiger partial charge on any atom is 0.311 e. The number of ether oxygens (including phenoxy) is 6. The number of aliphatic hydroxyl groups is 5. The number of rotatable bonds is 14. The smallest absolute Gasteiger partial charge is 0.311 e. The van der Waals surface area contributed by atoms with Crippen molar-refractivity contribution in [2.24, 2.45) is 17.8 Å². The number of hydrogen-bond donors (Lipinski definition) is 5. The van der Waals surface area contributed by atoms with Gasteiger partial charge in [-0.05, 0) is 112 Å². The molecule has 70 heavy (non-hydrogen) atoms. The number of aliphatic hydroxyl groups excluding tert-OH is 3. The second-order valence-corrected chi connectivity index (χ2v) is 23.6. The van der Waals surface area contributed by atoms with Crippen molar-refractivity contribution < 1.29 is 67.2 Å². The first-order valence-corrected chi connectivity index (χ1v) is 26.9. The molecule has 400 valence electrons.